The van der Waals surface area contributed by atoms with E-state index in [0.29, 0.717) is 5.56 Å². The van der Waals surface area contributed by atoms with E-state index >= 15 is 0 Å². The first kappa shape index (κ1) is 9.84. The van der Waals surface area contributed by atoms with Gasteiger partial charge < -0.3 is 9.15 Å². The van der Waals surface area contributed by atoms with Crippen LogP contribution in [0.1, 0.15) is 35.9 Å². The molecule has 13 heavy (non-hydrogen) atoms. The first-order valence-electron chi connectivity index (χ1n) is 4.44. The quantitative estimate of drug-likeness (QED) is 0.671. The molecule has 0 saturated heterocycles. The summed E-state index contributed by atoms with van der Waals surface area (Å²) in [5, 5.41) is 0. The zero-order valence-electron chi connectivity index (χ0n) is 8.00. The molecule has 0 saturated carbocycles. The summed E-state index contributed by atoms with van der Waals surface area (Å²) in [5.41, 5.74) is 0.552. The van der Waals surface area contributed by atoms with E-state index in [9.17, 15) is 4.79 Å². The second-order valence-electron chi connectivity index (χ2n) is 2.85. The van der Waals surface area contributed by atoms with Gasteiger partial charge in [0.1, 0.15) is 11.3 Å². The van der Waals surface area contributed by atoms with Crippen molar-refractivity contribution in [2.45, 2.75) is 26.2 Å². The van der Waals surface area contributed by atoms with Crippen molar-refractivity contribution < 1.29 is 13.9 Å². The fourth-order valence-corrected chi connectivity index (χ4v) is 1.16. The first-order chi connectivity index (χ1) is 6.29. The number of ether oxygens (including phenoxy) is 1. The van der Waals surface area contributed by atoms with Crippen LogP contribution in [-0.2, 0) is 11.2 Å². The van der Waals surface area contributed by atoms with Gasteiger partial charge >= 0.3 is 5.97 Å². The van der Waals surface area contributed by atoms with Crippen LogP contribution in [0.2, 0.25) is 0 Å². The monoisotopic (exact) mass is 182 g/mol. The van der Waals surface area contributed by atoms with Crippen molar-refractivity contribution in [3.8, 4) is 0 Å². The molecule has 0 fully saturated rings. The summed E-state index contributed by atoms with van der Waals surface area (Å²) in [4.78, 5) is 11.2. The molecule has 0 N–H and O–H groups in total. The van der Waals surface area contributed by atoms with Crippen LogP contribution in [0.15, 0.2) is 16.7 Å². The number of unbranched alkanes of at least 4 members (excludes halogenated alkanes) is 1. The van der Waals surface area contributed by atoms with Gasteiger partial charge in [0.05, 0.1) is 13.4 Å². The largest absolute Gasteiger partial charge is 0.468 e. The highest BCUT2D eigenvalue weighted by atomic mass is 16.5. The average Bonchev–Trinajstić information content (AvgIpc) is 2.61. The van der Waals surface area contributed by atoms with Crippen LogP contribution in [0.5, 0.6) is 0 Å². The van der Waals surface area contributed by atoms with Gasteiger partial charge in [-0.25, -0.2) is 4.79 Å². The number of carbonyl (C=O) groups excluding carboxylic acids is 1. The van der Waals surface area contributed by atoms with Crippen molar-refractivity contribution in [3.05, 3.63) is 23.7 Å². The van der Waals surface area contributed by atoms with E-state index in [0.717, 1.165) is 25.0 Å². The predicted molar refractivity (Wildman–Crippen MR) is 48.7 cm³/mol. The summed E-state index contributed by atoms with van der Waals surface area (Å²) in [7, 11) is 1.37. The molecule has 0 aliphatic carbocycles. The van der Waals surface area contributed by atoms with Crippen molar-refractivity contribution in [2.24, 2.45) is 0 Å². The van der Waals surface area contributed by atoms with E-state index < -0.39 is 0 Å². The standard InChI is InChI=1S/C10H14O3/c1-3-4-5-9-8(6-7-13-9)10(11)12-2/h6-7H,3-5H2,1-2H3. The maximum atomic E-state index is 11.2. The molecule has 1 rings (SSSR count). The van der Waals surface area contributed by atoms with Gasteiger partial charge in [-0.3, -0.25) is 0 Å². The molecule has 0 bridgehead atoms. The highest BCUT2D eigenvalue weighted by Crippen LogP contribution is 2.14. The smallest absolute Gasteiger partial charge is 0.341 e. The Morgan fingerprint density at radius 3 is 3.00 bits per heavy atom. The van der Waals surface area contributed by atoms with Crippen LogP contribution in [-0.4, -0.2) is 13.1 Å². The molecule has 1 aromatic rings. The summed E-state index contributed by atoms with van der Waals surface area (Å²) < 4.78 is 9.81. The van der Waals surface area contributed by atoms with E-state index in [1.807, 2.05) is 0 Å². The summed E-state index contributed by atoms with van der Waals surface area (Å²) in [6, 6.07) is 1.65. The third-order valence-electron chi connectivity index (χ3n) is 1.91. The van der Waals surface area contributed by atoms with Crippen molar-refractivity contribution in [2.75, 3.05) is 7.11 Å². The molecule has 0 aromatic carbocycles. The molecule has 0 unspecified atom stereocenters. The lowest BCUT2D eigenvalue weighted by atomic mass is 10.1. The Kier molecular flexibility index (Phi) is 3.55. The summed E-state index contributed by atoms with van der Waals surface area (Å²) >= 11 is 0. The number of hydrogen-bond acceptors (Lipinski definition) is 3. The van der Waals surface area contributed by atoms with Crippen LogP contribution >= 0.6 is 0 Å². The second-order valence-corrected chi connectivity index (χ2v) is 2.85. The predicted octanol–water partition coefficient (Wildman–Crippen LogP) is 2.41. The third kappa shape index (κ3) is 2.34. The summed E-state index contributed by atoms with van der Waals surface area (Å²) in [6.45, 7) is 2.10. The van der Waals surface area contributed by atoms with E-state index in [-0.39, 0.29) is 5.97 Å². The average molecular weight is 182 g/mol. The van der Waals surface area contributed by atoms with E-state index in [1.54, 1.807) is 6.07 Å². The highest BCUT2D eigenvalue weighted by Gasteiger charge is 2.13. The highest BCUT2D eigenvalue weighted by molar-refractivity contribution is 5.90. The lowest BCUT2D eigenvalue weighted by Gasteiger charge is -1.99. The Hall–Kier alpha value is -1.25. The molecule has 3 heteroatoms. The van der Waals surface area contributed by atoms with Gasteiger partial charge in [0.15, 0.2) is 0 Å². The number of aryl methyl sites for hydroxylation is 1. The van der Waals surface area contributed by atoms with Gasteiger partial charge in [-0.1, -0.05) is 13.3 Å². The van der Waals surface area contributed by atoms with Crippen LogP contribution in [0.3, 0.4) is 0 Å². The number of carbonyl (C=O) groups is 1. The maximum absolute atomic E-state index is 11.2. The Morgan fingerprint density at radius 2 is 2.38 bits per heavy atom. The molecule has 0 atom stereocenters. The normalized spacial score (nSPS) is 10.0. The molecular formula is C10H14O3. The maximum Gasteiger partial charge on any atom is 0.341 e. The Balaban J connectivity index is 2.71. The number of furan rings is 1. The molecule has 0 spiro atoms. The van der Waals surface area contributed by atoms with Gasteiger partial charge in [0.25, 0.3) is 0 Å². The SMILES string of the molecule is CCCCc1occc1C(=O)OC. The number of esters is 1. The Labute approximate surface area is 77.7 Å². The molecule has 0 amide bonds. The molecule has 1 aromatic heterocycles. The minimum Gasteiger partial charge on any atom is -0.468 e. The number of methoxy groups -OCH3 is 1. The lowest BCUT2D eigenvalue weighted by Crippen LogP contribution is -2.02. The molecule has 72 valence electrons. The minimum atomic E-state index is -0.320. The molecular weight excluding hydrogens is 168 g/mol. The van der Waals surface area contributed by atoms with Gasteiger partial charge in [-0.2, -0.15) is 0 Å². The second kappa shape index (κ2) is 4.70. The fourth-order valence-electron chi connectivity index (χ4n) is 1.16. The first-order valence-corrected chi connectivity index (χ1v) is 4.44. The number of hydrogen-bond donors (Lipinski definition) is 0. The fraction of sp³-hybridized carbons (Fsp3) is 0.500. The molecule has 3 nitrogen and oxygen atoms in total. The Morgan fingerprint density at radius 1 is 1.62 bits per heavy atom. The zero-order chi connectivity index (χ0) is 9.68. The van der Waals surface area contributed by atoms with Crippen molar-refractivity contribution in [1.29, 1.82) is 0 Å². The van der Waals surface area contributed by atoms with E-state index in [1.165, 1.54) is 13.4 Å². The minimum absolute atomic E-state index is 0.320. The lowest BCUT2D eigenvalue weighted by molar-refractivity contribution is 0.0598. The summed E-state index contributed by atoms with van der Waals surface area (Å²) in [5.74, 6) is 0.411. The Bertz CT molecular complexity index is 275. The van der Waals surface area contributed by atoms with Gasteiger partial charge in [0.2, 0.25) is 0 Å². The van der Waals surface area contributed by atoms with Crippen molar-refractivity contribution in [1.82, 2.24) is 0 Å². The summed E-state index contributed by atoms with van der Waals surface area (Å²) in [6.07, 6.45) is 4.43. The van der Waals surface area contributed by atoms with Gasteiger partial charge in [0, 0.05) is 6.42 Å². The molecule has 0 aliphatic rings. The zero-order valence-corrected chi connectivity index (χ0v) is 8.00. The van der Waals surface area contributed by atoms with Crippen LogP contribution in [0.25, 0.3) is 0 Å². The van der Waals surface area contributed by atoms with Crippen LogP contribution in [0.4, 0.5) is 0 Å². The van der Waals surface area contributed by atoms with E-state index in [2.05, 4.69) is 11.7 Å². The molecule has 1 heterocycles. The van der Waals surface area contributed by atoms with Crippen LogP contribution in [0, 0.1) is 0 Å². The van der Waals surface area contributed by atoms with Gasteiger partial charge in [-0.15, -0.1) is 0 Å². The van der Waals surface area contributed by atoms with Crippen molar-refractivity contribution in [3.63, 3.8) is 0 Å². The van der Waals surface area contributed by atoms with Crippen LogP contribution < -0.4 is 0 Å². The number of rotatable bonds is 4. The third-order valence-corrected chi connectivity index (χ3v) is 1.91. The van der Waals surface area contributed by atoms with Gasteiger partial charge in [-0.05, 0) is 12.5 Å². The molecule has 0 aliphatic heterocycles. The molecule has 0 radical (unpaired) electrons. The topological polar surface area (TPSA) is 39.4 Å². The van der Waals surface area contributed by atoms with E-state index in [4.69, 9.17) is 4.42 Å². The van der Waals surface area contributed by atoms with Crippen molar-refractivity contribution >= 4 is 5.97 Å².